The van der Waals surface area contributed by atoms with Crippen LogP contribution in [0.2, 0.25) is 0 Å². The third-order valence-corrected chi connectivity index (χ3v) is 3.02. The maximum atomic E-state index is 11.5. The van der Waals surface area contributed by atoms with Crippen molar-refractivity contribution in [3.8, 4) is 5.75 Å². The average molecular weight is 256 g/mol. The fraction of sp³-hybridized carbons (Fsp3) is 0.300. The van der Waals surface area contributed by atoms with E-state index in [1.807, 2.05) is 6.07 Å². The van der Waals surface area contributed by atoms with Gasteiger partial charge in [0.15, 0.2) is 0 Å². The molecule has 0 fully saturated rings. The first-order valence-electron chi connectivity index (χ1n) is 4.37. The van der Waals surface area contributed by atoms with Gasteiger partial charge in [-0.25, -0.2) is 0 Å². The number of benzene rings is 1. The molecule has 2 rings (SSSR count). The Morgan fingerprint density at radius 1 is 1.50 bits per heavy atom. The molecule has 0 bridgehead atoms. The van der Waals surface area contributed by atoms with E-state index >= 15 is 0 Å². The van der Waals surface area contributed by atoms with Crippen LogP contribution in [0, 0.1) is 0 Å². The first-order chi connectivity index (χ1) is 6.72. The van der Waals surface area contributed by atoms with E-state index < -0.39 is 0 Å². The summed E-state index contributed by atoms with van der Waals surface area (Å²) in [6, 6.07) is 3.66. The molecule has 0 unspecified atom stereocenters. The van der Waals surface area contributed by atoms with E-state index in [0.29, 0.717) is 17.9 Å². The normalized spacial score (nSPS) is 14.6. The van der Waals surface area contributed by atoms with Crippen molar-refractivity contribution in [3.05, 3.63) is 27.7 Å². The van der Waals surface area contributed by atoms with Gasteiger partial charge in [-0.3, -0.25) is 4.79 Å². The molecule has 1 heterocycles. The molecule has 1 amide bonds. The van der Waals surface area contributed by atoms with Crippen molar-refractivity contribution in [1.29, 1.82) is 0 Å². The zero-order valence-electron chi connectivity index (χ0n) is 7.76. The number of rotatable bonds is 1. The topological polar surface area (TPSA) is 38.3 Å². The minimum Gasteiger partial charge on any atom is -0.497 e. The Kier molecular flexibility index (Phi) is 2.46. The summed E-state index contributed by atoms with van der Waals surface area (Å²) < 4.78 is 6.05. The molecule has 0 atom stereocenters. The number of halogens is 1. The Morgan fingerprint density at radius 2 is 2.29 bits per heavy atom. The van der Waals surface area contributed by atoms with Crippen LogP contribution in [0.4, 0.5) is 0 Å². The van der Waals surface area contributed by atoms with E-state index in [2.05, 4.69) is 21.2 Å². The molecule has 1 N–H and O–H groups in total. The highest BCUT2D eigenvalue weighted by molar-refractivity contribution is 9.10. The first kappa shape index (κ1) is 9.52. The fourth-order valence-corrected chi connectivity index (χ4v) is 2.22. The highest BCUT2D eigenvalue weighted by Crippen LogP contribution is 2.28. The van der Waals surface area contributed by atoms with Gasteiger partial charge in [-0.1, -0.05) is 15.9 Å². The van der Waals surface area contributed by atoms with Gasteiger partial charge < -0.3 is 10.1 Å². The fourth-order valence-electron chi connectivity index (χ4n) is 1.58. The van der Waals surface area contributed by atoms with Crippen LogP contribution in [0.3, 0.4) is 0 Å². The highest BCUT2D eigenvalue weighted by atomic mass is 79.9. The molecular weight excluding hydrogens is 246 g/mol. The van der Waals surface area contributed by atoms with Gasteiger partial charge in [0.25, 0.3) is 5.91 Å². The summed E-state index contributed by atoms with van der Waals surface area (Å²) >= 11 is 3.44. The maximum Gasteiger partial charge on any atom is 0.251 e. The van der Waals surface area contributed by atoms with E-state index in [4.69, 9.17) is 4.74 Å². The lowest BCUT2D eigenvalue weighted by atomic mass is 10.0. The zero-order valence-corrected chi connectivity index (χ0v) is 9.35. The Balaban J connectivity index is 2.57. The second-order valence-electron chi connectivity index (χ2n) is 3.14. The zero-order chi connectivity index (χ0) is 10.1. The first-order valence-corrected chi connectivity index (χ1v) is 5.16. The highest BCUT2D eigenvalue weighted by Gasteiger charge is 2.19. The van der Waals surface area contributed by atoms with Crippen molar-refractivity contribution < 1.29 is 9.53 Å². The molecule has 0 aliphatic carbocycles. The van der Waals surface area contributed by atoms with Crippen molar-refractivity contribution >= 4 is 21.8 Å². The summed E-state index contributed by atoms with van der Waals surface area (Å²) in [5, 5.41) is 2.80. The van der Waals surface area contributed by atoms with Gasteiger partial charge in [0.05, 0.1) is 7.11 Å². The van der Waals surface area contributed by atoms with Gasteiger partial charge in [-0.05, 0) is 24.1 Å². The van der Waals surface area contributed by atoms with E-state index in [0.717, 1.165) is 16.5 Å². The molecule has 4 heteroatoms. The lowest BCUT2D eigenvalue weighted by molar-refractivity contribution is 0.0945. The lowest BCUT2D eigenvalue weighted by Gasteiger charge is -2.18. The van der Waals surface area contributed by atoms with Crippen molar-refractivity contribution in [1.82, 2.24) is 5.32 Å². The number of carbonyl (C=O) groups excluding carboxylic acids is 1. The van der Waals surface area contributed by atoms with Gasteiger partial charge in [0.1, 0.15) is 5.75 Å². The van der Waals surface area contributed by atoms with Crippen LogP contribution in [0.5, 0.6) is 5.75 Å². The quantitative estimate of drug-likeness (QED) is 0.831. The maximum absolute atomic E-state index is 11.5. The predicted molar refractivity (Wildman–Crippen MR) is 56.7 cm³/mol. The smallest absolute Gasteiger partial charge is 0.251 e. The molecule has 1 aromatic rings. The molecule has 14 heavy (non-hydrogen) atoms. The molecule has 0 spiro atoms. The van der Waals surface area contributed by atoms with E-state index in [-0.39, 0.29) is 5.91 Å². The molecule has 74 valence electrons. The Morgan fingerprint density at radius 3 is 3.00 bits per heavy atom. The number of hydrogen-bond donors (Lipinski definition) is 1. The third-order valence-electron chi connectivity index (χ3n) is 2.31. The molecule has 0 radical (unpaired) electrons. The number of nitrogens with one attached hydrogen (secondary N) is 1. The lowest BCUT2D eigenvalue weighted by Crippen LogP contribution is -2.32. The van der Waals surface area contributed by atoms with Crippen LogP contribution in [-0.2, 0) is 6.42 Å². The van der Waals surface area contributed by atoms with Crippen LogP contribution in [-0.4, -0.2) is 19.6 Å². The third kappa shape index (κ3) is 1.50. The van der Waals surface area contributed by atoms with Crippen LogP contribution >= 0.6 is 15.9 Å². The van der Waals surface area contributed by atoms with Crippen molar-refractivity contribution in [3.63, 3.8) is 0 Å². The number of ether oxygens (including phenoxy) is 1. The van der Waals surface area contributed by atoms with Gasteiger partial charge in [-0.2, -0.15) is 0 Å². The summed E-state index contributed by atoms with van der Waals surface area (Å²) in [7, 11) is 1.59. The van der Waals surface area contributed by atoms with Gasteiger partial charge >= 0.3 is 0 Å². The Hall–Kier alpha value is -1.03. The van der Waals surface area contributed by atoms with Crippen molar-refractivity contribution in [2.45, 2.75) is 6.42 Å². The summed E-state index contributed by atoms with van der Waals surface area (Å²) in [6.45, 7) is 0.705. The van der Waals surface area contributed by atoms with Crippen LogP contribution < -0.4 is 10.1 Å². The van der Waals surface area contributed by atoms with Gasteiger partial charge in [0, 0.05) is 16.6 Å². The summed E-state index contributed by atoms with van der Waals surface area (Å²) in [4.78, 5) is 11.5. The molecule has 1 aromatic carbocycles. The number of amides is 1. The molecule has 3 nitrogen and oxygen atoms in total. The monoisotopic (exact) mass is 255 g/mol. The largest absolute Gasteiger partial charge is 0.497 e. The molecule has 1 aliphatic rings. The molecule has 0 saturated carbocycles. The molecule has 1 aliphatic heterocycles. The number of carbonyl (C=O) groups is 1. The predicted octanol–water partition coefficient (Wildman–Crippen LogP) is 1.74. The van der Waals surface area contributed by atoms with Crippen LogP contribution in [0.25, 0.3) is 0 Å². The average Bonchev–Trinajstić information content (AvgIpc) is 2.19. The number of methoxy groups -OCH3 is 1. The van der Waals surface area contributed by atoms with Gasteiger partial charge in [-0.15, -0.1) is 0 Å². The summed E-state index contributed by atoms with van der Waals surface area (Å²) in [5.41, 5.74) is 1.78. The van der Waals surface area contributed by atoms with E-state index in [1.54, 1.807) is 13.2 Å². The summed E-state index contributed by atoms with van der Waals surface area (Å²) in [6.07, 6.45) is 0.867. The van der Waals surface area contributed by atoms with Crippen LogP contribution in [0.1, 0.15) is 15.9 Å². The van der Waals surface area contributed by atoms with Crippen LogP contribution in [0.15, 0.2) is 16.6 Å². The molecular formula is C10H10BrNO2. The minimum absolute atomic E-state index is 0.0224. The molecule has 0 saturated heterocycles. The minimum atomic E-state index is -0.0224. The van der Waals surface area contributed by atoms with E-state index in [1.165, 1.54) is 0 Å². The SMILES string of the molecule is COc1cc(Br)c2c(c1)C(=O)NCC2. The summed E-state index contributed by atoms with van der Waals surface area (Å²) in [5.74, 6) is 0.679. The standard InChI is InChI=1S/C10H10BrNO2/c1-14-6-4-8-7(9(11)5-6)2-3-12-10(8)13/h4-5H,2-3H2,1H3,(H,12,13). The van der Waals surface area contributed by atoms with Gasteiger partial charge in [0.2, 0.25) is 0 Å². The Labute approximate surface area is 90.6 Å². The number of hydrogen-bond acceptors (Lipinski definition) is 2. The van der Waals surface area contributed by atoms with Crippen molar-refractivity contribution in [2.24, 2.45) is 0 Å². The van der Waals surface area contributed by atoms with Crippen molar-refractivity contribution in [2.75, 3.05) is 13.7 Å². The Bertz CT molecular complexity index is 390. The molecule has 0 aromatic heterocycles. The number of fused-ring (bicyclic) bond motifs is 1. The van der Waals surface area contributed by atoms with E-state index in [9.17, 15) is 4.79 Å². The second-order valence-corrected chi connectivity index (χ2v) is 4.00. The second kappa shape index (κ2) is 3.61.